The summed E-state index contributed by atoms with van der Waals surface area (Å²) in [4.78, 5) is 0. The third-order valence-corrected chi connectivity index (χ3v) is 11.8. The van der Waals surface area contributed by atoms with E-state index in [1.807, 2.05) is 6.92 Å². The van der Waals surface area contributed by atoms with Crippen molar-refractivity contribution in [2.75, 3.05) is 58.6 Å². The number of hydrogen-bond acceptors (Lipinski definition) is 7. The smallest absolute Gasteiger partial charge is 0.169 e. The zero-order valence-corrected chi connectivity index (χ0v) is 18.9. The molecule has 5 atom stereocenters. The third-order valence-electron chi connectivity index (χ3n) is 3.53. The van der Waals surface area contributed by atoms with Gasteiger partial charge >= 0.3 is 0 Å². The Kier molecular flexibility index (Phi) is 13.0. The lowest BCUT2D eigenvalue weighted by Gasteiger charge is -2.34. The Hall–Kier alpha value is 0.480. The number of hydrogen-bond donors (Lipinski definition) is 0. The van der Waals surface area contributed by atoms with E-state index >= 15 is 0 Å². The zero-order valence-electron chi connectivity index (χ0n) is 15.7. The van der Waals surface area contributed by atoms with Gasteiger partial charge in [-0.1, -0.05) is 6.92 Å². The Morgan fingerprint density at radius 1 is 0.880 bits per heavy atom. The van der Waals surface area contributed by atoms with Crippen molar-refractivity contribution in [2.45, 2.75) is 28.1 Å². The van der Waals surface area contributed by atoms with Gasteiger partial charge in [0.1, 0.15) is 10.7 Å². The quantitative estimate of drug-likeness (QED) is 0.352. The zero-order chi connectivity index (χ0) is 19.6. The van der Waals surface area contributed by atoms with Crippen LogP contribution in [0.4, 0.5) is 0 Å². The van der Waals surface area contributed by atoms with Crippen LogP contribution >= 0.6 is 0 Å². The van der Waals surface area contributed by atoms with E-state index in [0.717, 1.165) is 6.42 Å². The molecule has 0 N–H and O–H groups in total. The second kappa shape index (κ2) is 12.8. The molecule has 0 aromatic heterocycles. The average molecular weight is 439 g/mol. The van der Waals surface area contributed by atoms with Gasteiger partial charge < -0.3 is 14.2 Å². The van der Waals surface area contributed by atoms with Gasteiger partial charge in [0.15, 0.2) is 4.08 Å². The average Bonchev–Trinajstić information content (AvgIpc) is 2.50. The molecule has 0 saturated heterocycles. The Morgan fingerprint density at radius 2 is 1.36 bits per heavy atom. The van der Waals surface area contributed by atoms with Crippen LogP contribution in [0.25, 0.3) is 0 Å². The first-order valence-corrected chi connectivity index (χ1v) is 14.0. The van der Waals surface area contributed by atoms with E-state index in [-0.39, 0.29) is 19.3 Å². The maximum Gasteiger partial charge on any atom is 0.169 e. The summed E-state index contributed by atoms with van der Waals surface area (Å²) in [5, 5.41) is 0. The molecule has 7 nitrogen and oxygen atoms in total. The first kappa shape index (κ1) is 25.5. The molecule has 0 rings (SSSR count). The Morgan fingerprint density at radius 3 is 1.72 bits per heavy atom. The summed E-state index contributed by atoms with van der Waals surface area (Å²) in [6.07, 6.45) is 6.04. The fourth-order valence-electron chi connectivity index (χ4n) is 2.24. The van der Waals surface area contributed by atoms with E-state index in [9.17, 15) is 16.8 Å². The summed E-state index contributed by atoms with van der Waals surface area (Å²) in [5.74, 6) is 0. The summed E-state index contributed by atoms with van der Waals surface area (Å²) in [7, 11) is -4.99. The van der Waals surface area contributed by atoms with Crippen molar-refractivity contribution in [1.29, 1.82) is 0 Å². The van der Waals surface area contributed by atoms with E-state index in [2.05, 4.69) is 0 Å². The highest BCUT2D eigenvalue weighted by Crippen LogP contribution is 2.29. The number of ether oxygens (including phenoxy) is 3. The molecule has 0 bridgehead atoms. The lowest BCUT2D eigenvalue weighted by molar-refractivity contribution is -0.0412. The summed E-state index contributed by atoms with van der Waals surface area (Å²) in [6, 6.07) is 0. The molecule has 25 heavy (non-hydrogen) atoms. The molecule has 0 saturated carbocycles. The third kappa shape index (κ3) is 7.55. The second-order valence-corrected chi connectivity index (χ2v) is 12.3. The van der Waals surface area contributed by atoms with Crippen molar-refractivity contribution in [3.8, 4) is 0 Å². The van der Waals surface area contributed by atoms with Gasteiger partial charge in [-0.05, 0) is 6.42 Å². The molecular weight excluding hydrogens is 408 g/mol. The van der Waals surface area contributed by atoms with Gasteiger partial charge in [-0.25, -0.2) is 0 Å². The van der Waals surface area contributed by atoms with Crippen molar-refractivity contribution in [3.05, 3.63) is 0 Å². The maximum atomic E-state index is 12.4. The van der Waals surface area contributed by atoms with Gasteiger partial charge in [-0.2, -0.15) is 0 Å². The Bertz CT molecular complexity index is 470. The monoisotopic (exact) mass is 438 g/mol. The van der Waals surface area contributed by atoms with E-state index in [4.69, 9.17) is 14.2 Å². The maximum absolute atomic E-state index is 12.4. The lowest BCUT2D eigenvalue weighted by atomic mass is 10.4. The summed E-state index contributed by atoms with van der Waals surface area (Å²) in [6.45, 7) is 2.88. The first-order valence-electron chi connectivity index (χ1n) is 7.64. The summed E-state index contributed by atoms with van der Waals surface area (Å²) in [5.41, 5.74) is 0. The molecule has 152 valence electrons. The molecular formula is C14H30O7S4. The van der Waals surface area contributed by atoms with Crippen molar-refractivity contribution in [2.24, 2.45) is 0 Å². The molecule has 0 radical (unpaired) electrons. The SMILES string of the molecule is CCCOCC(COCC(C(S(C)=O)S(C)=O)(S(C)=O)S(C)=O)OC. The fraction of sp³-hybridized carbons (Fsp3) is 1.00. The summed E-state index contributed by atoms with van der Waals surface area (Å²) < 4.78 is 62.9. The van der Waals surface area contributed by atoms with Gasteiger partial charge in [-0.3, -0.25) is 16.8 Å². The second-order valence-electron chi connectivity index (χ2n) is 5.50. The molecule has 5 unspecified atom stereocenters. The molecule has 0 aromatic rings. The standard InChI is InChI=1S/C14H30O7S4/c1-7-8-20-9-12(19-2)10-21-11-14(24(5)17,25(6)18)13(22(3)15)23(4)16/h12-13H,7-11H2,1-6H3. The van der Waals surface area contributed by atoms with Crippen molar-refractivity contribution in [1.82, 2.24) is 0 Å². The first-order chi connectivity index (χ1) is 11.6. The highest BCUT2D eigenvalue weighted by Gasteiger charge is 2.51. The Labute approximate surface area is 160 Å². The van der Waals surface area contributed by atoms with E-state index < -0.39 is 51.9 Å². The molecule has 0 amide bonds. The molecule has 0 spiro atoms. The van der Waals surface area contributed by atoms with Crippen LogP contribution in [0.15, 0.2) is 0 Å². The predicted octanol–water partition coefficient (Wildman–Crippen LogP) is -0.0190. The molecule has 0 aliphatic carbocycles. The Balaban J connectivity index is 5.27. The van der Waals surface area contributed by atoms with Crippen molar-refractivity contribution in [3.63, 3.8) is 0 Å². The molecule has 0 aliphatic rings. The van der Waals surface area contributed by atoms with Gasteiger partial charge in [0.2, 0.25) is 0 Å². The van der Waals surface area contributed by atoms with Crippen LogP contribution in [0.1, 0.15) is 13.3 Å². The minimum atomic E-state index is -1.67. The van der Waals surface area contributed by atoms with Crippen molar-refractivity contribution >= 4 is 43.2 Å². The van der Waals surface area contributed by atoms with Crippen LogP contribution in [0.5, 0.6) is 0 Å². The van der Waals surface area contributed by atoms with Crippen LogP contribution in [0, 0.1) is 0 Å². The molecule has 0 aliphatic heterocycles. The van der Waals surface area contributed by atoms with Crippen LogP contribution < -0.4 is 0 Å². The van der Waals surface area contributed by atoms with Gasteiger partial charge in [0.25, 0.3) is 0 Å². The van der Waals surface area contributed by atoms with Crippen LogP contribution in [-0.4, -0.2) is 90.2 Å². The highest BCUT2D eigenvalue weighted by molar-refractivity contribution is 8.10. The largest absolute Gasteiger partial charge is 0.379 e. The van der Waals surface area contributed by atoms with Crippen molar-refractivity contribution < 1.29 is 31.0 Å². The lowest BCUT2D eigenvalue weighted by Crippen LogP contribution is -2.56. The summed E-state index contributed by atoms with van der Waals surface area (Å²) >= 11 is 0. The minimum absolute atomic E-state index is 0.135. The number of methoxy groups -OCH3 is 1. The molecule has 11 heteroatoms. The fourth-order valence-corrected chi connectivity index (χ4v) is 10.5. The molecule has 0 fully saturated rings. The van der Waals surface area contributed by atoms with Gasteiger partial charge in [0, 0.05) is 81.9 Å². The van der Waals surface area contributed by atoms with Crippen LogP contribution in [-0.2, 0) is 57.4 Å². The molecule has 0 heterocycles. The van der Waals surface area contributed by atoms with Gasteiger partial charge in [-0.15, -0.1) is 0 Å². The predicted molar refractivity (Wildman–Crippen MR) is 106 cm³/mol. The highest BCUT2D eigenvalue weighted by atomic mass is 32.3. The van der Waals surface area contributed by atoms with Gasteiger partial charge in [0.05, 0.1) is 19.8 Å². The normalized spacial score (nSPS) is 21.7. The van der Waals surface area contributed by atoms with E-state index in [0.29, 0.717) is 13.2 Å². The molecule has 0 aromatic carbocycles. The van der Waals surface area contributed by atoms with E-state index in [1.54, 1.807) is 0 Å². The van der Waals surface area contributed by atoms with Crippen LogP contribution in [0.3, 0.4) is 0 Å². The van der Waals surface area contributed by atoms with E-state index in [1.165, 1.54) is 32.1 Å². The van der Waals surface area contributed by atoms with Crippen LogP contribution in [0.2, 0.25) is 0 Å². The topological polar surface area (TPSA) is 96.0 Å². The minimum Gasteiger partial charge on any atom is -0.379 e. The number of rotatable bonds is 14.